The number of amides is 1. The molecule has 4 nitrogen and oxygen atoms in total. The van der Waals surface area contributed by atoms with E-state index in [4.69, 9.17) is 12.2 Å². The number of aromatic nitrogens is 2. The van der Waals surface area contributed by atoms with Gasteiger partial charge in [0.05, 0.1) is 6.42 Å². The lowest BCUT2D eigenvalue weighted by atomic mass is 10.0. The summed E-state index contributed by atoms with van der Waals surface area (Å²) in [6.07, 6.45) is 1.32. The maximum atomic E-state index is 12.7. The third-order valence-electron chi connectivity index (χ3n) is 4.47. The second kappa shape index (κ2) is 5.62. The molecule has 0 fully saturated rings. The molecule has 118 valence electrons. The number of thiazole rings is 1. The highest BCUT2D eigenvalue weighted by molar-refractivity contribution is 7.73. The number of benzene rings is 1. The van der Waals surface area contributed by atoms with Crippen LogP contribution in [0, 0.1) is 10.9 Å². The Kier molecular flexibility index (Phi) is 3.58. The van der Waals surface area contributed by atoms with E-state index in [-0.39, 0.29) is 5.91 Å². The van der Waals surface area contributed by atoms with Crippen molar-refractivity contribution in [2.24, 2.45) is 0 Å². The van der Waals surface area contributed by atoms with Crippen LogP contribution in [0.2, 0.25) is 0 Å². The number of rotatable bonds is 2. The molecular formula is C17H17N3OS2. The zero-order valence-corrected chi connectivity index (χ0v) is 14.4. The van der Waals surface area contributed by atoms with Crippen molar-refractivity contribution in [1.29, 1.82) is 0 Å². The van der Waals surface area contributed by atoms with Gasteiger partial charge >= 0.3 is 0 Å². The Morgan fingerprint density at radius 1 is 1.35 bits per heavy atom. The third-order valence-corrected chi connectivity index (χ3v) is 5.81. The Labute approximate surface area is 143 Å². The minimum absolute atomic E-state index is 0.175. The monoisotopic (exact) mass is 343 g/mol. The van der Waals surface area contributed by atoms with Crippen LogP contribution < -0.4 is 0 Å². The Hall–Kier alpha value is -1.92. The smallest absolute Gasteiger partial charge is 0.228 e. The summed E-state index contributed by atoms with van der Waals surface area (Å²) in [5.41, 5.74) is 4.70. The van der Waals surface area contributed by atoms with Gasteiger partial charge in [0.15, 0.2) is 3.95 Å². The van der Waals surface area contributed by atoms with E-state index in [0.29, 0.717) is 13.0 Å². The van der Waals surface area contributed by atoms with Crippen molar-refractivity contribution in [2.45, 2.75) is 26.3 Å². The van der Waals surface area contributed by atoms with Gasteiger partial charge in [-0.15, -0.1) is 11.3 Å². The number of carbonyl (C=O) groups excluding carboxylic acids is 1. The normalized spacial score (nSPS) is 14.2. The molecule has 1 aliphatic heterocycles. The van der Waals surface area contributed by atoms with Gasteiger partial charge in [-0.3, -0.25) is 4.79 Å². The lowest BCUT2D eigenvalue weighted by molar-refractivity contribution is -0.131. The quantitative estimate of drug-likeness (QED) is 0.697. The number of para-hydroxylation sites is 1. The largest absolute Gasteiger partial charge is 0.358 e. The zero-order valence-electron chi connectivity index (χ0n) is 12.8. The molecule has 4 rings (SSSR count). The second-order valence-corrected chi connectivity index (χ2v) is 7.70. The number of aryl methyl sites for hydroxylation is 1. The van der Waals surface area contributed by atoms with E-state index in [9.17, 15) is 4.79 Å². The molecule has 2 aromatic heterocycles. The lowest BCUT2D eigenvalue weighted by Crippen LogP contribution is -2.36. The van der Waals surface area contributed by atoms with Gasteiger partial charge < -0.3 is 14.9 Å². The maximum absolute atomic E-state index is 12.7. The van der Waals surface area contributed by atoms with Crippen molar-refractivity contribution >= 4 is 40.4 Å². The van der Waals surface area contributed by atoms with Crippen LogP contribution >= 0.6 is 23.6 Å². The summed E-state index contributed by atoms with van der Waals surface area (Å²) in [5, 5.41) is 1.23. The topological polar surface area (TPSA) is 51.9 Å². The van der Waals surface area contributed by atoms with Gasteiger partial charge in [-0.1, -0.05) is 18.2 Å². The molecule has 0 spiro atoms. The molecule has 1 aliphatic rings. The number of hydrogen-bond acceptors (Lipinski definition) is 3. The molecular weight excluding hydrogens is 326 g/mol. The zero-order chi connectivity index (χ0) is 16.0. The fraction of sp³-hybridized carbons (Fsp3) is 0.294. The fourth-order valence-corrected chi connectivity index (χ4v) is 4.52. The molecule has 0 unspecified atom stereocenters. The minimum Gasteiger partial charge on any atom is -0.358 e. The number of nitrogens with zero attached hydrogens (tertiary/aromatic N) is 1. The molecule has 0 aliphatic carbocycles. The first-order valence-electron chi connectivity index (χ1n) is 7.66. The van der Waals surface area contributed by atoms with Crippen LogP contribution in [0.5, 0.6) is 0 Å². The first-order valence-corrected chi connectivity index (χ1v) is 8.89. The second-order valence-electron chi connectivity index (χ2n) is 5.93. The number of H-pyrrole nitrogens is 2. The van der Waals surface area contributed by atoms with Crippen molar-refractivity contribution in [3.63, 3.8) is 0 Å². The number of hydrogen-bond donors (Lipinski definition) is 2. The summed E-state index contributed by atoms with van der Waals surface area (Å²) in [7, 11) is 0. The third kappa shape index (κ3) is 2.62. The summed E-state index contributed by atoms with van der Waals surface area (Å²) in [4.78, 5) is 22.3. The summed E-state index contributed by atoms with van der Waals surface area (Å²) in [6, 6.07) is 8.30. The number of carbonyl (C=O) groups is 1. The van der Waals surface area contributed by atoms with Gasteiger partial charge in [0.1, 0.15) is 0 Å². The molecule has 0 atom stereocenters. The van der Waals surface area contributed by atoms with E-state index in [1.807, 2.05) is 24.0 Å². The van der Waals surface area contributed by atoms with Gasteiger partial charge in [-0.2, -0.15) is 0 Å². The van der Waals surface area contributed by atoms with Crippen molar-refractivity contribution in [3.8, 4) is 0 Å². The molecule has 1 aromatic carbocycles. The standard InChI is InChI=1S/C17H17N3OS2/c1-10-15(23-17(22)18-10)8-16(21)20-7-6-14-12(9-20)11-4-2-3-5-13(11)19-14/h2-5,19H,6-9H2,1H3,(H,18,22). The molecule has 0 radical (unpaired) electrons. The van der Waals surface area contributed by atoms with Crippen LogP contribution in [0.3, 0.4) is 0 Å². The summed E-state index contributed by atoms with van der Waals surface area (Å²) < 4.78 is 0.739. The van der Waals surface area contributed by atoms with Crippen LogP contribution in [0.25, 0.3) is 10.9 Å². The van der Waals surface area contributed by atoms with Crippen molar-refractivity contribution < 1.29 is 4.79 Å². The van der Waals surface area contributed by atoms with E-state index in [1.165, 1.54) is 28.0 Å². The Balaban J connectivity index is 1.58. The average Bonchev–Trinajstić information content (AvgIpc) is 3.06. The summed E-state index contributed by atoms with van der Waals surface area (Å²) in [5.74, 6) is 0.175. The highest BCUT2D eigenvalue weighted by Crippen LogP contribution is 2.28. The van der Waals surface area contributed by atoms with Crippen LogP contribution in [0.1, 0.15) is 21.8 Å². The number of nitrogens with one attached hydrogen (secondary N) is 2. The number of aromatic amines is 2. The molecule has 1 amide bonds. The first kappa shape index (κ1) is 14.7. The molecule has 3 heterocycles. The van der Waals surface area contributed by atoms with Crippen molar-refractivity contribution in [1.82, 2.24) is 14.9 Å². The summed E-state index contributed by atoms with van der Waals surface area (Å²) in [6.45, 7) is 3.43. The van der Waals surface area contributed by atoms with Gasteiger partial charge in [0.25, 0.3) is 0 Å². The van der Waals surface area contributed by atoms with Gasteiger partial charge in [0, 0.05) is 52.2 Å². The van der Waals surface area contributed by atoms with Crippen molar-refractivity contribution in [3.05, 3.63) is 50.0 Å². The van der Waals surface area contributed by atoms with Crippen LogP contribution in [0.4, 0.5) is 0 Å². The molecule has 0 bridgehead atoms. The highest BCUT2D eigenvalue weighted by atomic mass is 32.1. The molecule has 2 N–H and O–H groups in total. The predicted molar refractivity (Wildman–Crippen MR) is 95.4 cm³/mol. The molecule has 0 saturated carbocycles. The minimum atomic E-state index is 0.175. The SMILES string of the molecule is Cc1[nH]c(=S)sc1CC(=O)N1CCc2[nH]c3ccccc3c2C1. The van der Waals surface area contributed by atoms with Gasteiger partial charge in [-0.25, -0.2) is 0 Å². The Morgan fingerprint density at radius 3 is 2.96 bits per heavy atom. The van der Waals surface area contributed by atoms with Gasteiger partial charge in [0.2, 0.25) is 5.91 Å². The predicted octanol–water partition coefficient (Wildman–Crippen LogP) is 3.72. The van der Waals surface area contributed by atoms with E-state index >= 15 is 0 Å². The van der Waals surface area contributed by atoms with Crippen LogP contribution in [0.15, 0.2) is 24.3 Å². The molecule has 3 aromatic rings. The van der Waals surface area contributed by atoms with E-state index < -0.39 is 0 Å². The fourth-order valence-electron chi connectivity index (χ4n) is 3.23. The van der Waals surface area contributed by atoms with Crippen molar-refractivity contribution in [2.75, 3.05) is 6.54 Å². The molecule has 0 saturated heterocycles. The van der Waals surface area contributed by atoms with Crippen LogP contribution in [-0.2, 0) is 24.2 Å². The lowest BCUT2D eigenvalue weighted by Gasteiger charge is -2.27. The highest BCUT2D eigenvalue weighted by Gasteiger charge is 2.24. The first-order chi connectivity index (χ1) is 11.1. The summed E-state index contributed by atoms with van der Waals surface area (Å²) >= 11 is 6.66. The molecule has 23 heavy (non-hydrogen) atoms. The maximum Gasteiger partial charge on any atom is 0.228 e. The van der Waals surface area contributed by atoms with Gasteiger partial charge in [-0.05, 0) is 25.2 Å². The number of fused-ring (bicyclic) bond motifs is 3. The Bertz CT molecular complexity index is 950. The average molecular weight is 343 g/mol. The van der Waals surface area contributed by atoms with E-state index in [2.05, 4.69) is 22.1 Å². The van der Waals surface area contributed by atoms with E-state index in [1.54, 1.807) is 0 Å². The van der Waals surface area contributed by atoms with Crippen LogP contribution in [-0.4, -0.2) is 27.3 Å². The molecule has 6 heteroatoms. The van der Waals surface area contributed by atoms with E-state index in [0.717, 1.165) is 33.0 Å². The Morgan fingerprint density at radius 2 is 2.17 bits per heavy atom.